The van der Waals surface area contributed by atoms with E-state index in [1.807, 2.05) is 4.90 Å². The first-order chi connectivity index (χ1) is 10.4. The Morgan fingerprint density at radius 2 is 1.86 bits per heavy atom. The lowest BCUT2D eigenvalue weighted by atomic mass is 9.84. The Labute approximate surface area is 134 Å². The summed E-state index contributed by atoms with van der Waals surface area (Å²) in [5.74, 6) is 0.887. The molecule has 1 saturated carbocycles. The third kappa shape index (κ3) is 2.65. The predicted molar refractivity (Wildman–Crippen MR) is 86.1 cm³/mol. The average molecular weight is 303 g/mol. The molecule has 3 rings (SSSR count). The number of carbonyl (C=O) groups excluding carboxylic acids is 1. The van der Waals surface area contributed by atoms with E-state index in [0.717, 1.165) is 25.8 Å². The Morgan fingerprint density at radius 3 is 2.55 bits per heavy atom. The highest BCUT2D eigenvalue weighted by Crippen LogP contribution is 2.44. The van der Waals surface area contributed by atoms with Crippen LogP contribution in [0.1, 0.15) is 65.7 Å². The largest absolute Gasteiger partial charge is 0.325 e. The van der Waals surface area contributed by atoms with Crippen LogP contribution in [0.15, 0.2) is 0 Å². The molecule has 1 amide bonds. The molecule has 0 bridgehead atoms. The number of likely N-dealkylation sites (tertiary alicyclic amines) is 2. The summed E-state index contributed by atoms with van der Waals surface area (Å²) < 4.78 is 0. The molecule has 1 aliphatic carbocycles. The molecule has 0 aromatic rings. The Bertz CT molecular complexity index is 476. The van der Waals surface area contributed by atoms with Gasteiger partial charge in [0.15, 0.2) is 0 Å². The summed E-state index contributed by atoms with van der Waals surface area (Å²) in [5, 5.41) is 9.30. The van der Waals surface area contributed by atoms with E-state index >= 15 is 0 Å². The van der Waals surface area contributed by atoms with Crippen molar-refractivity contribution in [2.45, 2.75) is 89.4 Å². The van der Waals surface area contributed by atoms with Crippen LogP contribution in [0.3, 0.4) is 0 Å². The number of fused-ring (bicyclic) bond motifs is 1. The fraction of sp³-hybridized carbons (Fsp3) is 0.889. The first-order valence-electron chi connectivity index (χ1n) is 8.92. The average Bonchev–Trinajstić information content (AvgIpc) is 3.09. The number of nitriles is 1. The van der Waals surface area contributed by atoms with Crippen LogP contribution in [-0.4, -0.2) is 45.9 Å². The molecule has 4 nitrogen and oxygen atoms in total. The van der Waals surface area contributed by atoms with Crippen molar-refractivity contribution in [3.63, 3.8) is 0 Å². The molecular formula is C18H29N3O. The second-order valence-corrected chi connectivity index (χ2v) is 8.26. The normalized spacial score (nSPS) is 36.2. The highest BCUT2D eigenvalue weighted by atomic mass is 16.2. The van der Waals surface area contributed by atoms with Crippen LogP contribution in [0.5, 0.6) is 0 Å². The van der Waals surface area contributed by atoms with Crippen LogP contribution in [0, 0.1) is 17.2 Å². The summed E-state index contributed by atoms with van der Waals surface area (Å²) in [6.07, 6.45) is 7.91. The smallest absolute Gasteiger partial charge is 0.241 e. The molecule has 0 N–H and O–H groups in total. The maximum atomic E-state index is 13.2. The minimum atomic E-state index is -0.197. The Kier molecular flexibility index (Phi) is 4.20. The zero-order chi connectivity index (χ0) is 15.9. The molecule has 2 heterocycles. The second kappa shape index (κ2) is 5.85. The van der Waals surface area contributed by atoms with Crippen LogP contribution in [0.25, 0.3) is 0 Å². The lowest BCUT2D eigenvalue weighted by Crippen LogP contribution is -2.56. The van der Waals surface area contributed by atoms with Gasteiger partial charge in [0.2, 0.25) is 5.91 Å². The minimum absolute atomic E-state index is 0.0120. The number of rotatable bonds is 1. The molecule has 4 atom stereocenters. The molecule has 0 aromatic heterocycles. The summed E-state index contributed by atoms with van der Waals surface area (Å²) in [6, 6.07) is 2.67. The van der Waals surface area contributed by atoms with Gasteiger partial charge >= 0.3 is 0 Å². The molecular weight excluding hydrogens is 274 g/mol. The molecule has 3 aliphatic rings. The van der Waals surface area contributed by atoms with Gasteiger partial charge in [-0.15, -0.1) is 0 Å². The Morgan fingerprint density at radius 1 is 1.14 bits per heavy atom. The zero-order valence-corrected chi connectivity index (χ0v) is 14.2. The second-order valence-electron chi connectivity index (χ2n) is 8.26. The summed E-state index contributed by atoms with van der Waals surface area (Å²) in [7, 11) is 0. The first-order valence-corrected chi connectivity index (χ1v) is 8.92. The predicted octanol–water partition coefficient (Wildman–Crippen LogP) is 2.93. The number of carbonyl (C=O) groups is 1. The van der Waals surface area contributed by atoms with Gasteiger partial charge in [0, 0.05) is 18.1 Å². The minimum Gasteiger partial charge on any atom is -0.325 e. The van der Waals surface area contributed by atoms with Crippen molar-refractivity contribution in [1.82, 2.24) is 9.80 Å². The van der Waals surface area contributed by atoms with Gasteiger partial charge in [0.05, 0.1) is 12.1 Å². The van der Waals surface area contributed by atoms with Crippen molar-refractivity contribution in [2.75, 3.05) is 6.54 Å². The van der Waals surface area contributed by atoms with Gasteiger partial charge in [-0.25, -0.2) is 0 Å². The lowest BCUT2D eigenvalue weighted by molar-refractivity contribution is -0.138. The topological polar surface area (TPSA) is 47.3 Å². The van der Waals surface area contributed by atoms with Crippen LogP contribution < -0.4 is 0 Å². The molecule has 2 aliphatic heterocycles. The zero-order valence-electron chi connectivity index (χ0n) is 14.2. The highest BCUT2D eigenvalue weighted by molar-refractivity contribution is 5.83. The van der Waals surface area contributed by atoms with Crippen LogP contribution in [0.4, 0.5) is 0 Å². The van der Waals surface area contributed by atoms with Crippen molar-refractivity contribution in [3.8, 4) is 6.07 Å². The van der Waals surface area contributed by atoms with E-state index in [1.54, 1.807) is 0 Å². The third-order valence-electron chi connectivity index (χ3n) is 5.83. The van der Waals surface area contributed by atoms with Crippen LogP contribution in [0.2, 0.25) is 0 Å². The monoisotopic (exact) mass is 303 g/mol. The van der Waals surface area contributed by atoms with Crippen molar-refractivity contribution in [1.29, 1.82) is 5.26 Å². The number of hydrogen-bond donors (Lipinski definition) is 0. The van der Waals surface area contributed by atoms with Crippen molar-refractivity contribution >= 4 is 5.91 Å². The third-order valence-corrected chi connectivity index (χ3v) is 5.83. The van der Waals surface area contributed by atoms with Crippen molar-refractivity contribution in [2.24, 2.45) is 5.92 Å². The van der Waals surface area contributed by atoms with Crippen LogP contribution >= 0.6 is 0 Å². The molecule has 0 aromatic carbocycles. The van der Waals surface area contributed by atoms with E-state index in [4.69, 9.17) is 0 Å². The number of amides is 1. The molecule has 2 saturated heterocycles. The summed E-state index contributed by atoms with van der Waals surface area (Å²) in [4.78, 5) is 17.5. The Hall–Kier alpha value is -1.08. The summed E-state index contributed by atoms with van der Waals surface area (Å²) in [6.45, 7) is 7.46. The van der Waals surface area contributed by atoms with Gasteiger partial charge in [-0.1, -0.05) is 12.8 Å². The fourth-order valence-electron chi connectivity index (χ4n) is 5.00. The standard InChI is InChI=1S/C18H29N3O/c1-18(2,3)21-15-9-5-4-7-13(15)11-16(21)17(22)20-10-6-8-14(20)12-19/h13-16H,4-11H2,1-3H3/t13-,14+,15-,16+/m1/s1. The fourth-order valence-corrected chi connectivity index (χ4v) is 5.00. The highest BCUT2D eigenvalue weighted by Gasteiger charge is 2.50. The van der Waals surface area contributed by atoms with Gasteiger partial charge in [0.1, 0.15) is 6.04 Å². The molecule has 0 radical (unpaired) electrons. The van der Waals surface area contributed by atoms with E-state index < -0.39 is 0 Å². The Balaban J connectivity index is 1.84. The van der Waals surface area contributed by atoms with Crippen molar-refractivity contribution < 1.29 is 4.79 Å². The molecule has 3 fully saturated rings. The van der Waals surface area contributed by atoms with Gasteiger partial charge in [-0.3, -0.25) is 9.69 Å². The van der Waals surface area contributed by atoms with E-state index in [-0.39, 0.29) is 23.5 Å². The quantitative estimate of drug-likeness (QED) is 0.748. The molecule has 0 spiro atoms. The summed E-state index contributed by atoms with van der Waals surface area (Å²) >= 11 is 0. The van der Waals surface area contributed by atoms with E-state index in [2.05, 4.69) is 31.7 Å². The molecule has 22 heavy (non-hydrogen) atoms. The van der Waals surface area contributed by atoms with Crippen molar-refractivity contribution in [3.05, 3.63) is 0 Å². The molecule has 4 heteroatoms. The molecule has 122 valence electrons. The lowest BCUT2D eigenvalue weighted by Gasteiger charge is -2.43. The van der Waals surface area contributed by atoms with E-state index in [9.17, 15) is 10.1 Å². The van der Waals surface area contributed by atoms with E-state index in [1.165, 1.54) is 25.7 Å². The van der Waals surface area contributed by atoms with Gasteiger partial charge in [-0.05, 0) is 58.8 Å². The van der Waals surface area contributed by atoms with Crippen LogP contribution in [-0.2, 0) is 4.79 Å². The van der Waals surface area contributed by atoms with Gasteiger partial charge in [-0.2, -0.15) is 5.26 Å². The number of hydrogen-bond acceptors (Lipinski definition) is 3. The maximum absolute atomic E-state index is 13.2. The first kappa shape index (κ1) is 15.8. The molecule has 0 unspecified atom stereocenters. The maximum Gasteiger partial charge on any atom is 0.241 e. The van der Waals surface area contributed by atoms with Gasteiger partial charge < -0.3 is 4.90 Å². The number of nitrogens with zero attached hydrogens (tertiary/aromatic N) is 3. The van der Waals surface area contributed by atoms with E-state index in [0.29, 0.717) is 12.0 Å². The van der Waals surface area contributed by atoms with Gasteiger partial charge in [0.25, 0.3) is 0 Å². The SMILES string of the molecule is CC(C)(C)N1[C@@H]2CCCC[C@@H]2C[C@H]1C(=O)N1CCC[C@H]1C#N. The summed E-state index contributed by atoms with van der Waals surface area (Å²) in [5.41, 5.74) is 0.0128.